The molecule has 0 bridgehead atoms. The second-order valence-corrected chi connectivity index (χ2v) is 8.37. The number of carbonyl (C=O) groups excluding carboxylic acids is 1. The van der Waals surface area contributed by atoms with Gasteiger partial charge < -0.3 is 9.64 Å². The summed E-state index contributed by atoms with van der Waals surface area (Å²) in [6, 6.07) is 9.54. The molecule has 2 aromatic carbocycles. The van der Waals surface area contributed by atoms with Gasteiger partial charge in [-0.3, -0.25) is 0 Å². The molecular formula is C17H17Cl2NO4S. The highest BCUT2D eigenvalue weighted by Gasteiger charge is 2.20. The van der Waals surface area contributed by atoms with Crippen molar-refractivity contribution in [2.45, 2.75) is 11.4 Å². The molecule has 0 atom stereocenters. The van der Waals surface area contributed by atoms with E-state index in [1.807, 2.05) is 0 Å². The second kappa shape index (κ2) is 7.64. The van der Waals surface area contributed by atoms with E-state index in [1.165, 1.54) is 19.2 Å². The quantitative estimate of drug-likeness (QED) is 0.712. The molecular weight excluding hydrogens is 385 g/mol. The number of esters is 1. The number of sulfone groups is 1. The third-order valence-corrected chi connectivity index (χ3v) is 5.33. The number of anilines is 1. The average molecular weight is 402 g/mol. The van der Waals surface area contributed by atoms with Crippen LogP contribution in [0.2, 0.25) is 10.0 Å². The van der Waals surface area contributed by atoms with E-state index in [2.05, 4.69) is 4.74 Å². The summed E-state index contributed by atoms with van der Waals surface area (Å²) in [5.74, 6) is -0.597. The van der Waals surface area contributed by atoms with Crippen LogP contribution >= 0.6 is 23.2 Å². The molecule has 0 saturated carbocycles. The predicted octanol–water partition coefficient (Wildman–Crippen LogP) is 3.82. The van der Waals surface area contributed by atoms with Crippen LogP contribution in [0.4, 0.5) is 5.69 Å². The largest absolute Gasteiger partial charge is 0.465 e. The van der Waals surface area contributed by atoms with Crippen LogP contribution in [-0.4, -0.2) is 34.8 Å². The Hall–Kier alpha value is -1.76. The van der Waals surface area contributed by atoms with Crippen LogP contribution in [0, 0.1) is 0 Å². The molecule has 0 spiro atoms. The van der Waals surface area contributed by atoms with Gasteiger partial charge in [0.2, 0.25) is 0 Å². The van der Waals surface area contributed by atoms with Crippen molar-refractivity contribution < 1.29 is 17.9 Å². The molecule has 0 unspecified atom stereocenters. The summed E-state index contributed by atoms with van der Waals surface area (Å²) in [5, 5.41) is 1.02. The minimum Gasteiger partial charge on any atom is -0.465 e. The van der Waals surface area contributed by atoms with Crippen LogP contribution in [0.3, 0.4) is 0 Å². The normalized spacial score (nSPS) is 11.2. The van der Waals surface area contributed by atoms with Crippen molar-refractivity contribution in [2.75, 3.05) is 25.3 Å². The zero-order chi connectivity index (χ0) is 18.8. The molecule has 0 aliphatic heterocycles. The maximum absolute atomic E-state index is 12.2. The maximum Gasteiger partial charge on any atom is 0.337 e. The minimum atomic E-state index is -3.56. The van der Waals surface area contributed by atoms with Crippen molar-refractivity contribution in [3.63, 3.8) is 0 Å². The summed E-state index contributed by atoms with van der Waals surface area (Å²) in [5.41, 5.74) is 1.43. The van der Waals surface area contributed by atoms with Gasteiger partial charge in [-0.05, 0) is 35.9 Å². The highest BCUT2D eigenvalue weighted by Crippen LogP contribution is 2.29. The molecule has 5 nitrogen and oxygen atoms in total. The van der Waals surface area contributed by atoms with Gasteiger partial charge in [-0.2, -0.15) is 0 Å². The zero-order valence-corrected chi connectivity index (χ0v) is 16.2. The molecule has 0 aromatic heterocycles. The molecule has 8 heteroatoms. The Morgan fingerprint density at radius 2 is 1.84 bits per heavy atom. The van der Waals surface area contributed by atoms with Crippen molar-refractivity contribution in [2.24, 2.45) is 0 Å². The molecule has 0 fully saturated rings. The molecule has 2 rings (SSSR count). The lowest BCUT2D eigenvalue weighted by Crippen LogP contribution is -2.20. The van der Waals surface area contributed by atoms with Gasteiger partial charge in [0.1, 0.15) is 0 Å². The minimum absolute atomic E-state index is 0.0444. The van der Waals surface area contributed by atoms with E-state index in [0.717, 1.165) is 11.8 Å². The standard InChI is InChI=1S/C17H17Cl2NO4S/c1-20(10-12-4-6-13(18)9-14(12)19)15-7-5-11(17(21)24-2)8-16(15)25(3,22)23/h4-9H,10H2,1-3H3. The second-order valence-electron chi connectivity index (χ2n) is 5.54. The first-order valence-corrected chi connectivity index (χ1v) is 9.85. The van der Waals surface area contributed by atoms with E-state index >= 15 is 0 Å². The van der Waals surface area contributed by atoms with Gasteiger partial charge in [0.05, 0.1) is 23.3 Å². The molecule has 0 heterocycles. The Balaban J connectivity index is 2.44. The van der Waals surface area contributed by atoms with E-state index in [-0.39, 0.29) is 10.5 Å². The van der Waals surface area contributed by atoms with E-state index in [0.29, 0.717) is 22.3 Å². The highest BCUT2D eigenvalue weighted by molar-refractivity contribution is 7.90. The Kier molecular flexibility index (Phi) is 5.98. The third kappa shape index (κ3) is 4.66. The first-order chi connectivity index (χ1) is 11.6. The zero-order valence-electron chi connectivity index (χ0n) is 13.9. The fourth-order valence-corrected chi connectivity index (χ4v) is 3.77. The van der Waals surface area contributed by atoms with Crippen LogP contribution < -0.4 is 4.90 Å². The number of halogens is 2. The van der Waals surface area contributed by atoms with Crippen LogP contribution in [-0.2, 0) is 21.1 Å². The number of rotatable bonds is 5. The van der Waals surface area contributed by atoms with Gasteiger partial charge in [0.25, 0.3) is 0 Å². The number of benzene rings is 2. The van der Waals surface area contributed by atoms with Gasteiger partial charge in [0, 0.05) is 29.9 Å². The number of nitrogens with zero attached hydrogens (tertiary/aromatic N) is 1. The van der Waals surface area contributed by atoms with E-state index in [4.69, 9.17) is 23.2 Å². The Labute approximate surface area is 157 Å². The van der Waals surface area contributed by atoms with Crippen LogP contribution in [0.1, 0.15) is 15.9 Å². The van der Waals surface area contributed by atoms with Crippen LogP contribution in [0.15, 0.2) is 41.3 Å². The Morgan fingerprint density at radius 1 is 1.16 bits per heavy atom. The van der Waals surface area contributed by atoms with Gasteiger partial charge in [0.15, 0.2) is 9.84 Å². The summed E-state index contributed by atoms with van der Waals surface area (Å²) >= 11 is 12.1. The van der Waals surface area contributed by atoms with Crippen molar-refractivity contribution >= 4 is 44.7 Å². The third-order valence-electron chi connectivity index (χ3n) is 3.61. The van der Waals surface area contributed by atoms with Gasteiger partial charge in [-0.1, -0.05) is 29.3 Å². The smallest absolute Gasteiger partial charge is 0.337 e. The monoisotopic (exact) mass is 401 g/mol. The van der Waals surface area contributed by atoms with Gasteiger partial charge in [-0.25, -0.2) is 13.2 Å². The first-order valence-electron chi connectivity index (χ1n) is 7.21. The van der Waals surface area contributed by atoms with E-state index < -0.39 is 15.8 Å². The van der Waals surface area contributed by atoms with Crippen molar-refractivity contribution in [1.29, 1.82) is 0 Å². The highest BCUT2D eigenvalue weighted by atomic mass is 35.5. The molecule has 0 aliphatic rings. The number of hydrogen-bond acceptors (Lipinski definition) is 5. The topological polar surface area (TPSA) is 63.7 Å². The predicted molar refractivity (Wildman–Crippen MR) is 99.5 cm³/mol. The lowest BCUT2D eigenvalue weighted by atomic mass is 10.1. The van der Waals surface area contributed by atoms with Crippen molar-refractivity contribution in [1.82, 2.24) is 0 Å². The summed E-state index contributed by atoms with van der Waals surface area (Å²) in [6.07, 6.45) is 1.09. The van der Waals surface area contributed by atoms with Crippen molar-refractivity contribution in [3.05, 3.63) is 57.6 Å². The number of ether oxygens (including phenoxy) is 1. The molecule has 25 heavy (non-hydrogen) atoms. The molecule has 0 saturated heterocycles. The lowest BCUT2D eigenvalue weighted by molar-refractivity contribution is 0.0600. The maximum atomic E-state index is 12.2. The summed E-state index contributed by atoms with van der Waals surface area (Å²) in [7, 11) is -0.571. The van der Waals surface area contributed by atoms with Crippen molar-refractivity contribution in [3.8, 4) is 0 Å². The molecule has 0 aliphatic carbocycles. The Bertz CT molecular complexity index is 913. The summed E-state index contributed by atoms with van der Waals surface area (Å²) in [6.45, 7) is 0.371. The van der Waals surface area contributed by atoms with E-state index in [1.54, 1.807) is 36.2 Å². The SMILES string of the molecule is COC(=O)c1ccc(N(C)Cc2ccc(Cl)cc2Cl)c(S(C)(=O)=O)c1. The Morgan fingerprint density at radius 3 is 2.40 bits per heavy atom. The molecule has 0 N–H and O–H groups in total. The molecule has 0 amide bonds. The fraction of sp³-hybridized carbons (Fsp3) is 0.235. The number of carbonyl (C=O) groups is 1. The van der Waals surface area contributed by atoms with Gasteiger partial charge >= 0.3 is 5.97 Å². The molecule has 2 aromatic rings. The van der Waals surface area contributed by atoms with E-state index in [9.17, 15) is 13.2 Å². The summed E-state index contributed by atoms with van der Waals surface area (Å²) < 4.78 is 29.0. The van der Waals surface area contributed by atoms with Crippen LogP contribution in [0.25, 0.3) is 0 Å². The first kappa shape index (κ1) is 19.6. The summed E-state index contributed by atoms with van der Waals surface area (Å²) in [4.78, 5) is 13.5. The molecule has 134 valence electrons. The lowest BCUT2D eigenvalue weighted by Gasteiger charge is -2.23. The number of methoxy groups -OCH3 is 1. The fourth-order valence-electron chi connectivity index (χ4n) is 2.36. The average Bonchev–Trinajstić information content (AvgIpc) is 2.55. The molecule has 0 radical (unpaired) electrons. The van der Waals surface area contributed by atoms with Gasteiger partial charge in [-0.15, -0.1) is 0 Å². The van der Waals surface area contributed by atoms with Crippen LogP contribution in [0.5, 0.6) is 0 Å². The number of hydrogen-bond donors (Lipinski definition) is 0.